The van der Waals surface area contributed by atoms with Crippen molar-refractivity contribution in [2.24, 2.45) is 5.73 Å². The average Bonchev–Trinajstić information content (AvgIpc) is 2.23. The number of aliphatic hydroxyl groups is 2. The first-order chi connectivity index (χ1) is 7.05. The Hall–Kier alpha value is -0.160. The fourth-order valence-corrected chi connectivity index (χ4v) is 2.11. The van der Waals surface area contributed by atoms with Crippen LogP contribution in [-0.2, 0) is 0 Å². The van der Waals surface area contributed by atoms with Crippen molar-refractivity contribution in [2.45, 2.75) is 57.2 Å². The van der Waals surface area contributed by atoms with Gasteiger partial charge in [-0.05, 0) is 39.7 Å². The van der Waals surface area contributed by atoms with Crippen molar-refractivity contribution >= 4 is 0 Å². The van der Waals surface area contributed by atoms with Crippen molar-refractivity contribution < 1.29 is 10.2 Å². The molecular formula is C11H26N2O2. The Bertz CT molecular complexity index is 165. The Morgan fingerprint density at radius 2 is 2.00 bits per heavy atom. The lowest BCUT2D eigenvalue weighted by molar-refractivity contribution is 0.0386. The van der Waals surface area contributed by atoms with E-state index in [0.29, 0.717) is 6.42 Å². The minimum atomic E-state index is -0.443. The highest BCUT2D eigenvalue weighted by atomic mass is 16.3. The number of rotatable bonds is 8. The Kier molecular flexibility index (Phi) is 7.09. The maximum absolute atomic E-state index is 10.0. The van der Waals surface area contributed by atoms with Gasteiger partial charge in [-0.1, -0.05) is 6.92 Å². The number of likely N-dealkylation sites (N-methyl/N-ethyl adjacent to an activating group) is 1. The van der Waals surface area contributed by atoms with E-state index in [1.807, 2.05) is 20.9 Å². The van der Waals surface area contributed by atoms with Gasteiger partial charge < -0.3 is 21.3 Å². The summed E-state index contributed by atoms with van der Waals surface area (Å²) < 4.78 is 0. The zero-order chi connectivity index (χ0) is 11.9. The molecule has 0 spiro atoms. The first kappa shape index (κ1) is 14.8. The van der Waals surface area contributed by atoms with Crippen molar-refractivity contribution in [2.75, 3.05) is 13.7 Å². The third-order valence-corrected chi connectivity index (χ3v) is 3.26. The summed E-state index contributed by atoms with van der Waals surface area (Å²) in [5.74, 6) is 0. The highest BCUT2D eigenvalue weighted by molar-refractivity contribution is 4.99. The van der Waals surface area contributed by atoms with Crippen LogP contribution in [0.25, 0.3) is 0 Å². The third kappa shape index (κ3) is 3.72. The predicted molar refractivity (Wildman–Crippen MR) is 62.7 cm³/mol. The van der Waals surface area contributed by atoms with Gasteiger partial charge in [0, 0.05) is 12.6 Å². The topological polar surface area (TPSA) is 78.5 Å². The molecule has 0 aliphatic carbocycles. The van der Waals surface area contributed by atoms with Gasteiger partial charge in [-0.15, -0.1) is 0 Å². The molecule has 0 bridgehead atoms. The van der Waals surface area contributed by atoms with E-state index in [0.717, 1.165) is 19.3 Å². The Labute approximate surface area is 92.9 Å². The number of hydrogen-bond acceptors (Lipinski definition) is 4. The molecule has 4 heteroatoms. The molecule has 0 radical (unpaired) electrons. The standard InChI is InChI=1S/C11H26N2O2/c1-4-10(15)11(13-3,9(2)12)7-5-6-8-14/h9-10,13-15H,4-8,12H2,1-3H3. The van der Waals surface area contributed by atoms with E-state index >= 15 is 0 Å². The van der Waals surface area contributed by atoms with Crippen molar-refractivity contribution in [1.29, 1.82) is 0 Å². The summed E-state index contributed by atoms with van der Waals surface area (Å²) in [6.45, 7) is 4.06. The summed E-state index contributed by atoms with van der Waals surface area (Å²) in [6, 6.07) is -0.115. The lowest BCUT2D eigenvalue weighted by Crippen LogP contribution is -2.62. The van der Waals surface area contributed by atoms with E-state index in [4.69, 9.17) is 10.8 Å². The minimum absolute atomic E-state index is 0.115. The van der Waals surface area contributed by atoms with Crippen LogP contribution in [-0.4, -0.2) is 41.6 Å². The molecule has 0 saturated carbocycles. The fourth-order valence-electron chi connectivity index (χ4n) is 2.11. The number of aliphatic hydroxyl groups excluding tert-OH is 2. The molecule has 0 fully saturated rings. The molecule has 3 atom stereocenters. The van der Waals surface area contributed by atoms with Crippen LogP contribution in [0.2, 0.25) is 0 Å². The smallest absolute Gasteiger partial charge is 0.0734 e. The normalized spacial score (nSPS) is 19.6. The Morgan fingerprint density at radius 1 is 1.40 bits per heavy atom. The molecule has 3 unspecified atom stereocenters. The Morgan fingerprint density at radius 3 is 2.33 bits per heavy atom. The second-order valence-corrected chi connectivity index (χ2v) is 4.18. The summed E-state index contributed by atoms with van der Waals surface area (Å²) in [4.78, 5) is 0. The lowest BCUT2D eigenvalue weighted by atomic mass is 9.80. The maximum atomic E-state index is 10.0. The molecule has 0 saturated heterocycles. The quantitative estimate of drug-likeness (QED) is 0.440. The number of hydrogen-bond donors (Lipinski definition) is 4. The van der Waals surface area contributed by atoms with Gasteiger partial charge in [0.1, 0.15) is 0 Å². The molecule has 0 aromatic heterocycles. The highest BCUT2D eigenvalue weighted by Gasteiger charge is 2.38. The van der Waals surface area contributed by atoms with E-state index in [-0.39, 0.29) is 12.6 Å². The van der Waals surface area contributed by atoms with Gasteiger partial charge in [0.05, 0.1) is 11.6 Å². The van der Waals surface area contributed by atoms with Gasteiger partial charge in [0.15, 0.2) is 0 Å². The zero-order valence-electron chi connectivity index (χ0n) is 10.2. The van der Waals surface area contributed by atoms with Crippen LogP contribution in [0.4, 0.5) is 0 Å². The van der Waals surface area contributed by atoms with Crippen LogP contribution in [0.1, 0.15) is 39.5 Å². The van der Waals surface area contributed by atoms with Crippen LogP contribution < -0.4 is 11.1 Å². The van der Waals surface area contributed by atoms with Gasteiger partial charge in [-0.25, -0.2) is 0 Å². The van der Waals surface area contributed by atoms with E-state index < -0.39 is 11.6 Å². The van der Waals surface area contributed by atoms with Gasteiger partial charge in [-0.2, -0.15) is 0 Å². The van der Waals surface area contributed by atoms with E-state index in [9.17, 15) is 5.11 Å². The molecule has 0 rings (SSSR count). The summed E-state index contributed by atoms with van der Waals surface area (Å²) in [5, 5.41) is 22.0. The van der Waals surface area contributed by atoms with E-state index in [1.54, 1.807) is 0 Å². The fraction of sp³-hybridized carbons (Fsp3) is 1.00. The van der Waals surface area contributed by atoms with Crippen LogP contribution in [0, 0.1) is 0 Å². The third-order valence-electron chi connectivity index (χ3n) is 3.26. The van der Waals surface area contributed by atoms with Gasteiger partial charge in [0.2, 0.25) is 0 Å². The SMILES string of the molecule is CCC(O)C(CCCCO)(NC)C(C)N. The maximum Gasteiger partial charge on any atom is 0.0734 e. The second kappa shape index (κ2) is 7.17. The largest absolute Gasteiger partial charge is 0.396 e. The van der Waals surface area contributed by atoms with Crippen molar-refractivity contribution in [3.8, 4) is 0 Å². The number of nitrogens with two attached hydrogens (primary N) is 1. The molecule has 0 aliphatic rings. The van der Waals surface area contributed by atoms with E-state index in [2.05, 4.69) is 5.32 Å². The molecule has 0 heterocycles. The predicted octanol–water partition coefficient (Wildman–Crippen LogP) is 0.225. The van der Waals surface area contributed by atoms with Gasteiger partial charge >= 0.3 is 0 Å². The molecule has 92 valence electrons. The molecular weight excluding hydrogens is 192 g/mol. The van der Waals surface area contributed by atoms with Crippen LogP contribution in [0.15, 0.2) is 0 Å². The lowest BCUT2D eigenvalue weighted by Gasteiger charge is -2.41. The number of unbranched alkanes of at least 4 members (excludes halogenated alkanes) is 1. The molecule has 0 amide bonds. The van der Waals surface area contributed by atoms with Gasteiger partial charge in [-0.3, -0.25) is 0 Å². The molecule has 0 aromatic carbocycles. The molecule has 5 N–H and O–H groups in total. The first-order valence-electron chi connectivity index (χ1n) is 5.78. The van der Waals surface area contributed by atoms with Crippen molar-refractivity contribution in [3.63, 3.8) is 0 Å². The summed E-state index contributed by atoms with van der Waals surface area (Å²) in [7, 11) is 1.83. The van der Waals surface area contributed by atoms with Crippen LogP contribution in [0.5, 0.6) is 0 Å². The highest BCUT2D eigenvalue weighted by Crippen LogP contribution is 2.23. The van der Waals surface area contributed by atoms with Gasteiger partial charge in [0.25, 0.3) is 0 Å². The van der Waals surface area contributed by atoms with Crippen LogP contribution >= 0.6 is 0 Å². The minimum Gasteiger partial charge on any atom is -0.396 e. The first-order valence-corrected chi connectivity index (χ1v) is 5.78. The van der Waals surface area contributed by atoms with Crippen LogP contribution in [0.3, 0.4) is 0 Å². The van der Waals surface area contributed by atoms with Crippen molar-refractivity contribution in [1.82, 2.24) is 5.32 Å². The summed E-state index contributed by atoms with van der Waals surface area (Å²) in [5.41, 5.74) is 5.53. The summed E-state index contributed by atoms with van der Waals surface area (Å²) >= 11 is 0. The molecule has 0 aromatic rings. The monoisotopic (exact) mass is 218 g/mol. The molecule has 0 aliphatic heterocycles. The average molecular weight is 218 g/mol. The molecule has 4 nitrogen and oxygen atoms in total. The summed E-state index contributed by atoms with van der Waals surface area (Å²) in [6.07, 6.45) is 2.65. The van der Waals surface area contributed by atoms with Crippen molar-refractivity contribution in [3.05, 3.63) is 0 Å². The Balaban J connectivity index is 4.51. The number of nitrogens with one attached hydrogen (secondary N) is 1. The zero-order valence-corrected chi connectivity index (χ0v) is 10.2. The van der Waals surface area contributed by atoms with E-state index in [1.165, 1.54) is 0 Å². The molecule has 15 heavy (non-hydrogen) atoms. The second-order valence-electron chi connectivity index (χ2n) is 4.18.